The van der Waals surface area contributed by atoms with Gasteiger partial charge in [-0.05, 0) is 36.8 Å². The quantitative estimate of drug-likeness (QED) is 0.695. The predicted octanol–water partition coefficient (Wildman–Crippen LogP) is 2.76. The van der Waals surface area contributed by atoms with Gasteiger partial charge in [-0.2, -0.15) is 5.10 Å². The van der Waals surface area contributed by atoms with Crippen LogP contribution in [0.4, 0.5) is 10.2 Å². The van der Waals surface area contributed by atoms with Crippen LogP contribution in [0.5, 0.6) is 5.75 Å². The maximum absolute atomic E-state index is 14.5. The molecule has 2 N–H and O–H groups in total. The van der Waals surface area contributed by atoms with Gasteiger partial charge in [0.15, 0.2) is 11.6 Å². The van der Waals surface area contributed by atoms with Crippen molar-refractivity contribution in [3.63, 3.8) is 0 Å². The Balaban J connectivity index is 1.81. The van der Waals surface area contributed by atoms with Crippen molar-refractivity contribution in [2.45, 2.75) is 18.9 Å². The highest BCUT2D eigenvalue weighted by molar-refractivity contribution is 6.03. The zero-order valence-electron chi connectivity index (χ0n) is 16.8. The third kappa shape index (κ3) is 3.30. The lowest BCUT2D eigenvalue weighted by Gasteiger charge is -2.32. The second-order valence-electron chi connectivity index (χ2n) is 7.15. The number of amides is 2. The second kappa shape index (κ2) is 7.62. The molecule has 1 aliphatic heterocycles. The number of carbonyl (C=O) groups excluding carboxylic acids is 2. The summed E-state index contributed by atoms with van der Waals surface area (Å²) in [6.07, 6.45) is 0. The van der Waals surface area contributed by atoms with E-state index in [1.165, 1.54) is 19.2 Å². The number of ether oxygens (including phenoxy) is 1. The fraction of sp³-hybridized carbons (Fsp3) is 0.227. The minimum atomic E-state index is -0.944. The molecule has 1 aromatic heterocycles. The molecular formula is C22H21FN4O3. The second-order valence-corrected chi connectivity index (χ2v) is 7.15. The Morgan fingerprint density at radius 1 is 1.23 bits per heavy atom. The number of halogens is 1. The van der Waals surface area contributed by atoms with Gasteiger partial charge in [-0.25, -0.2) is 4.39 Å². The summed E-state index contributed by atoms with van der Waals surface area (Å²) in [7, 11) is 3.11. The molecule has 0 radical (unpaired) electrons. The summed E-state index contributed by atoms with van der Waals surface area (Å²) in [5.41, 5.74) is 2.39. The van der Waals surface area contributed by atoms with Gasteiger partial charge in [0, 0.05) is 24.1 Å². The molecule has 2 atom stereocenters. The summed E-state index contributed by atoms with van der Waals surface area (Å²) >= 11 is 0. The van der Waals surface area contributed by atoms with Gasteiger partial charge in [0.1, 0.15) is 11.9 Å². The SMILES string of the molecule is COc1ccc(C2c3c(C)nn(C)c3NC(=O)C2NC(=O)c2ccccc2)cc1F. The number of fused-ring (bicyclic) bond motifs is 1. The van der Waals surface area contributed by atoms with Gasteiger partial charge in [0.2, 0.25) is 5.91 Å². The van der Waals surface area contributed by atoms with E-state index in [9.17, 15) is 14.0 Å². The largest absolute Gasteiger partial charge is 0.494 e. The van der Waals surface area contributed by atoms with Crippen LogP contribution in [-0.4, -0.2) is 34.7 Å². The molecule has 0 aliphatic carbocycles. The number of anilines is 1. The highest BCUT2D eigenvalue weighted by Crippen LogP contribution is 2.40. The Kier molecular flexibility index (Phi) is 4.99. The Morgan fingerprint density at radius 2 is 1.97 bits per heavy atom. The molecule has 2 heterocycles. The van der Waals surface area contributed by atoms with Crippen molar-refractivity contribution in [1.29, 1.82) is 0 Å². The van der Waals surface area contributed by atoms with Crippen molar-refractivity contribution >= 4 is 17.6 Å². The number of nitrogens with one attached hydrogen (secondary N) is 2. The van der Waals surface area contributed by atoms with Crippen molar-refractivity contribution in [3.8, 4) is 5.75 Å². The van der Waals surface area contributed by atoms with E-state index in [0.29, 0.717) is 22.6 Å². The number of benzene rings is 2. The molecule has 8 heteroatoms. The lowest BCUT2D eigenvalue weighted by Crippen LogP contribution is -2.50. The predicted molar refractivity (Wildman–Crippen MR) is 109 cm³/mol. The van der Waals surface area contributed by atoms with Gasteiger partial charge in [0.25, 0.3) is 5.91 Å². The molecule has 0 saturated carbocycles. The summed E-state index contributed by atoms with van der Waals surface area (Å²) in [5.74, 6) is -1.31. The molecule has 2 amide bonds. The monoisotopic (exact) mass is 408 g/mol. The highest BCUT2D eigenvalue weighted by Gasteiger charge is 2.41. The van der Waals surface area contributed by atoms with Crippen LogP contribution in [0.15, 0.2) is 48.5 Å². The van der Waals surface area contributed by atoms with Crippen LogP contribution in [-0.2, 0) is 11.8 Å². The van der Waals surface area contributed by atoms with Gasteiger partial charge < -0.3 is 15.4 Å². The Hall–Kier alpha value is -3.68. The standard InChI is InChI=1S/C22H21FN4O3/c1-12-17-18(14-9-10-16(30-3)15(23)11-14)19(22(29)25-20(17)27(2)26-12)24-21(28)13-7-5-4-6-8-13/h4-11,18-19H,1-3H3,(H,24,28)(H,25,29). The number of aromatic nitrogens is 2. The fourth-order valence-corrected chi connectivity index (χ4v) is 3.91. The van der Waals surface area contributed by atoms with Crippen molar-refractivity contribution in [2.24, 2.45) is 7.05 Å². The first-order valence-electron chi connectivity index (χ1n) is 9.44. The molecule has 2 unspecified atom stereocenters. The summed E-state index contributed by atoms with van der Waals surface area (Å²) in [4.78, 5) is 25.8. The number of aryl methyl sites for hydroxylation is 2. The number of hydrogen-bond acceptors (Lipinski definition) is 4. The van der Waals surface area contributed by atoms with Crippen molar-refractivity contribution in [1.82, 2.24) is 15.1 Å². The van der Waals surface area contributed by atoms with Gasteiger partial charge in [-0.15, -0.1) is 0 Å². The lowest BCUT2D eigenvalue weighted by molar-refractivity contribution is -0.118. The Labute approximate surface area is 172 Å². The van der Waals surface area contributed by atoms with Crippen LogP contribution in [0.25, 0.3) is 0 Å². The number of nitrogens with zero attached hydrogens (tertiary/aromatic N) is 2. The van der Waals surface area contributed by atoms with E-state index >= 15 is 0 Å². The molecular weight excluding hydrogens is 387 g/mol. The number of hydrogen-bond donors (Lipinski definition) is 2. The molecule has 2 aromatic carbocycles. The maximum atomic E-state index is 14.5. The molecule has 0 fully saturated rings. The smallest absolute Gasteiger partial charge is 0.251 e. The highest BCUT2D eigenvalue weighted by atomic mass is 19.1. The summed E-state index contributed by atoms with van der Waals surface area (Å²) < 4.78 is 21.1. The van der Waals surface area contributed by atoms with Crippen LogP contribution < -0.4 is 15.4 Å². The van der Waals surface area contributed by atoms with Gasteiger partial charge in [-0.3, -0.25) is 14.3 Å². The first-order chi connectivity index (χ1) is 14.4. The average Bonchev–Trinajstić information content (AvgIpc) is 3.02. The zero-order valence-corrected chi connectivity index (χ0v) is 16.8. The molecule has 3 aromatic rings. The number of rotatable bonds is 4. The van der Waals surface area contributed by atoms with Crippen LogP contribution >= 0.6 is 0 Å². The summed E-state index contributed by atoms with van der Waals surface area (Å²) in [6, 6.07) is 12.2. The third-order valence-electron chi connectivity index (χ3n) is 5.29. The van der Waals surface area contributed by atoms with Crippen LogP contribution in [0.2, 0.25) is 0 Å². The van der Waals surface area contributed by atoms with E-state index in [-0.39, 0.29) is 11.7 Å². The van der Waals surface area contributed by atoms with Gasteiger partial charge in [0.05, 0.1) is 12.8 Å². The van der Waals surface area contributed by atoms with Crippen molar-refractivity contribution < 1.29 is 18.7 Å². The molecule has 0 bridgehead atoms. The Bertz CT molecular complexity index is 1130. The van der Waals surface area contributed by atoms with Crippen molar-refractivity contribution in [2.75, 3.05) is 12.4 Å². The topological polar surface area (TPSA) is 85.2 Å². The fourth-order valence-electron chi connectivity index (χ4n) is 3.91. The molecule has 0 spiro atoms. The van der Waals surface area contributed by atoms with Crippen LogP contribution in [0.3, 0.4) is 0 Å². The normalized spacial score (nSPS) is 17.8. The van der Waals surface area contributed by atoms with E-state index in [4.69, 9.17) is 4.74 Å². The van der Waals surface area contributed by atoms with E-state index in [2.05, 4.69) is 15.7 Å². The molecule has 30 heavy (non-hydrogen) atoms. The van der Waals surface area contributed by atoms with E-state index in [1.54, 1.807) is 48.1 Å². The van der Waals surface area contributed by atoms with E-state index in [0.717, 1.165) is 5.56 Å². The molecule has 0 saturated heterocycles. The third-order valence-corrected chi connectivity index (χ3v) is 5.29. The van der Waals surface area contributed by atoms with E-state index in [1.807, 2.05) is 6.92 Å². The Morgan fingerprint density at radius 3 is 2.63 bits per heavy atom. The summed E-state index contributed by atoms with van der Waals surface area (Å²) in [5, 5.41) is 10.0. The van der Waals surface area contributed by atoms with Gasteiger partial charge in [-0.1, -0.05) is 24.3 Å². The first-order valence-corrected chi connectivity index (χ1v) is 9.44. The number of carbonyl (C=O) groups is 2. The molecule has 1 aliphatic rings. The minimum Gasteiger partial charge on any atom is -0.494 e. The van der Waals surface area contributed by atoms with E-state index < -0.39 is 23.7 Å². The maximum Gasteiger partial charge on any atom is 0.251 e. The molecule has 154 valence electrons. The molecule has 4 rings (SSSR count). The molecule has 7 nitrogen and oxygen atoms in total. The van der Waals surface area contributed by atoms with Crippen LogP contribution in [0.1, 0.15) is 33.1 Å². The summed E-state index contributed by atoms with van der Waals surface area (Å²) in [6.45, 7) is 1.82. The van der Waals surface area contributed by atoms with Crippen molar-refractivity contribution in [3.05, 3.63) is 76.7 Å². The average molecular weight is 408 g/mol. The van der Waals surface area contributed by atoms with Gasteiger partial charge >= 0.3 is 0 Å². The minimum absolute atomic E-state index is 0.104. The zero-order chi connectivity index (χ0) is 21.4. The first kappa shape index (κ1) is 19.6. The van der Waals surface area contributed by atoms with Crippen LogP contribution in [0, 0.1) is 12.7 Å². The number of methoxy groups -OCH3 is 1. The lowest BCUT2D eigenvalue weighted by atomic mass is 9.81.